The van der Waals surface area contributed by atoms with Crippen molar-refractivity contribution in [3.8, 4) is 0 Å². The Morgan fingerprint density at radius 1 is 1.53 bits per heavy atom. The molecule has 17 heavy (non-hydrogen) atoms. The maximum absolute atomic E-state index is 12.2. The van der Waals surface area contributed by atoms with Gasteiger partial charge in [0, 0.05) is 19.0 Å². The Labute approximate surface area is 104 Å². The molecule has 2 aliphatic rings. The van der Waals surface area contributed by atoms with E-state index in [1.807, 2.05) is 4.90 Å². The third-order valence-electron chi connectivity index (χ3n) is 3.89. The van der Waals surface area contributed by atoms with Gasteiger partial charge in [0.15, 0.2) is 0 Å². The molecule has 2 rings (SSSR count). The highest BCUT2D eigenvalue weighted by atomic mass is 16.5. The van der Waals surface area contributed by atoms with Crippen LogP contribution in [0, 0.1) is 0 Å². The van der Waals surface area contributed by atoms with Gasteiger partial charge in [0.25, 0.3) is 0 Å². The molecule has 4 nitrogen and oxygen atoms in total. The van der Waals surface area contributed by atoms with Gasteiger partial charge in [-0.15, -0.1) is 0 Å². The molecule has 1 N–H and O–H groups in total. The summed E-state index contributed by atoms with van der Waals surface area (Å²) in [5, 5.41) is 3.44. The standard InChI is InChI=1S/C13H24N2O2/c1-2-12-10-17-9-8-15(12)13(16)6-5-11-4-3-7-14-11/h11-12,14H,2-10H2,1H3. The number of hydrogen-bond donors (Lipinski definition) is 1. The van der Waals surface area contributed by atoms with Crippen molar-refractivity contribution in [2.45, 2.75) is 51.1 Å². The maximum Gasteiger partial charge on any atom is 0.223 e. The quantitative estimate of drug-likeness (QED) is 0.801. The molecule has 2 aliphatic heterocycles. The fourth-order valence-electron chi connectivity index (χ4n) is 2.77. The van der Waals surface area contributed by atoms with Crippen LogP contribution in [0.5, 0.6) is 0 Å². The molecule has 98 valence electrons. The highest BCUT2D eigenvalue weighted by molar-refractivity contribution is 5.76. The van der Waals surface area contributed by atoms with E-state index in [1.54, 1.807) is 0 Å². The second-order valence-corrected chi connectivity index (χ2v) is 5.06. The van der Waals surface area contributed by atoms with E-state index in [0.29, 0.717) is 37.6 Å². The lowest BCUT2D eigenvalue weighted by atomic mass is 10.1. The lowest BCUT2D eigenvalue weighted by Gasteiger charge is -2.35. The van der Waals surface area contributed by atoms with Gasteiger partial charge in [-0.2, -0.15) is 0 Å². The van der Waals surface area contributed by atoms with Crippen LogP contribution >= 0.6 is 0 Å². The summed E-state index contributed by atoms with van der Waals surface area (Å²) in [6, 6.07) is 0.868. The van der Waals surface area contributed by atoms with Crippen molar-refractivity contribution in [2.24, 2.45) is 0 Å². The van der Waals surface area contributed by atoms with E-state index >= 15 is 0 Å². The van der Waals surface area contributed by atoms with E-state index in [9.17, 15) is 4.79 Å². The number of hydrogen-bond acceptors (Lipinski definition) is 3. The summed E-state index contributed by atoms with van der Waals surface area (Å²) in [6.07, 6.45) is 5.16. The first kappa shape index (κ1) is 12.8. The molecule has 1 amide bonds. The van der Waals surface area contributed by atoms with Crippen LogP contribution in [0.25, 0.3) is 0 Å². The Bertz CT molecular complexity index is 252. The number of rotatable bonds is 4. The largest absolute Gasteiger partial charge is 0.377 e. The lowest BCUT2D eigenvalue weighted by Crippen LogP contribution is -2.48. The molecule has 2 saturated heterocycles. The maximum atomic E-state index is 12.2. The summed E-state index contributed by atoms with van der Waals surface area (Å²) in [6.45, 7) is 5.43. The lowest BCUT2D eigenvalue weighted by molar-refractivity contribution is -0.140. The second kappa shape index (κ2) is 6.36. The van der Waals surface area contributed by atoms with Crippen molar-refractivity contribution in [1.82, 2.24) is 10.2 Å². The van der Waals surface area contributed by atoms with Gasteiger partial charge in [0.05, 0.1) is 19.3 Å². The van der Waals surface area contributed by atoms with E-state index in [2.05, 4.69) is 12.2 Å². The van der Waals surface area contributed by atoms with Crippen molar-refractivity contribution >= 4 is 5.91 Å². The Hall–Kier alpha value is -0.610. The Kier molecular flexibility index (Phi) is 4.80. The predicted molar refractivity (Wildman–Crippen MR) is 66.9 cm³/mol. The van der Waals surface area contributed by atoms with Crippen LogP contribution in [-0.4, -0.2) is 49.2 Å². The zero-order valence-corrected chi connectivity index (χ0v) is 10.8. The van der Waals surface area contributed by atoms with E-state index < -0.39 is 0 Å². The monoisotopic (exact) mass is 240 g/mol. The van der Waals surface area contributed by atoms with Gasteiger partial charge in [-0.05, 0) is 32.2 Å². The number of amides is 1. The minimum Gasteiger partial charge on any atom is -0.377 e. The summed E-state index contributed by atoms with van der Waals surface area (Å²) >= 11 is 0. The molecule has 2 fully saturated rings. The van der Waals surface area contributed by atoms with Gasteiger partial charge in [-0.3, -0.25) is 4.79 Å². The van der Waals surface area contributed by atoms with Gasteiger partial charge < -0.3 is 15.0 Å². The number of nitrogens with zero attached hydrogens (tertiary/aromatic N) is 1. The molecule has 0 aromatic heterocycles. The summed E-state index contributed by atoms with van der Waals surface area (Å²) in [7, 11) is 0. The van der Waals surface area contributed by atoms with Crippen LogP contribution in [0.15, 0.2) is 0 Å². The number of carbonyl (C=O) groups is 1. The third-order valence-corrected chi connectivity index (χ3v) is 3.89. The Morgan fingerprint density at radius 2 is 2.41 bits per heavy atom. The number of ether oxygens (including phenoxy) is 1. The van der Waals surface area contributed by atoms with Gasteiger partial charge in [0.2, 0.25) is 5.91 Å². The fraction of sp³-hybridized carbons (Fsp3) is 0.923. The molecule has 0 saturated carbocycles. The van der Waals surface area contributed by atoms with E-state index in [0.717, 1.165) is 25.9 Å². The molecule has 0 radical (unpaired) electrons. The van der Waals surface area contributed by atoms with E-state index in [1.165, 1.54) is 12.8 Å². The van der Waals surface area contributed by atoms with Crippen LogP contribution < -0.4 is 5.32 Å². The number of nitrogens with one attached hydrogen (secondary N) is 1. The fourth-order valence-corrected chi connectivity index (χ4v) is 2.77. The second-order valence-electron chi connectivity index (χ2n) is 5.06. The molecule has 0 spiro atoms. The first-order chi connectivity index (χ1) is 8.31. The third kappa shape index (κ3) is 3.42. The molecule has 4 heteroatoms. The van der Waals surface area contributed by atoms with Crippen molar-refractivity contribution in [1.29, 1.82) is 0 Å². The topological polar surface area (TPSA) is 41.6 Å². The van der Waals surface area contributed by atoms with Crippen LogP contribution in [-0.2, 0) is 9.53 Å². The minimum atomic E-state index is 0.299. The molecule has 0 aromatic carbocycles. The van der Waals surface area contributed by atoms with Crippen LogP contribution in [0.1, 0.15) is 39.0 Å². The first-order valence-corrected chi connectivity index (χ1v) is 6.92. The molecular formula is C13H24N2O2. The summed E-state index contributed by atoms with van der Waals surface area (Å²) in [5.41, 5.74) is 0. The minimum absolute atomic E-state index is 0.299. The van der Waals surface area contributed by atoms with Crippen molar-refractivity contribution in [2.75, 3.05) is 26.3 Å². The molecule has 2 heterocycles. The van der Waals surface area contributed by atoms with Gasteiger partial charge in [-0.1, -0.05) is 6.92 Å². The zero-order valence-electron chi connectivity index (χ0n) is 10.8. The molecule has 0 aliphatic carbocycles. The van der Waals surface area contributed by atoms with Crippen LogP contribution in [0.3, 0.4) is 0 Å². The Morgan fingerprint density at radius 3 is 3.12 bits per heavy atom. The first-order valence-electron chi connectivity index (χ1n) is 6.92. The van der Waals surface area contributed by atoms with Gasteiger partial charge in [-0.25, -0.2) is 0 Å². The zero-order chi connectivity index (χ0) is 12.1. The number of morpholine rings is 1. The summed E-state index contributed by atoms with van der Waals surface area (Å²) in [4.78, 5) is 14.2. The molecule has 0 aromatic rings. The summed E-state index contributed by atoms with van der Waals surface area (Å²) < 4.78 is 5.43. The smallest absolute Gasteiger partial charge is 0.223 e. The van der Waals surface area contributed by atoms with Crippen LogP contribution in [0.2, 0.25) is 0 Å². The average molecular weight is 240 g/mol. The van der Waals surface area contributed by atoms with E-state index in [-0.39, 0.29) is 0 Å². The summed E-state index contributed by atoms with van der Waals surface area (Å²) in [5.74, 6) is 0.314. The van der Waals surface area contributed by atoms with E-state index in [4.69, 9.17) is 4.74 Å². The Balaban J connectivity index is 1.76. The predicted octanol–water partition coefficient (Wildman–Crippen LogP) is 1.16. The number of carbonyl (C=O) groups excluding carboxylic acids is 1. The van der Waals surface area contributed by atoms with Crippen LogP contribution in [0.4, 0.5) is 0 Å². The van der Waals surface area contributed by atoms with Crippen molar-refractivity contribution in [3.63, 3.8) is 0 Å². The molecule has 2 atom stereocenters. The SMILES string of the molecule is CCC1COCCN1C(=O)CCC1CCCN1. The highest BCUT2D eigenvalue weighted by Gasteiger charge is 2.26. The average Bonchev–Trinajstić information content (AvgIpc) is 2.89. The van der Waals surface area contributed by atoms with Crippen molar-refractivity contribution in [3.05, 3.63) is 0 Å². The molecular weight excluding hydrogens is 216 g/mol. The molecule has 2 unspecified atom stereocenters. The highest BCUT2D eigenvalue weighted by Crippen LogP contribution is 2.15. The normalized spacial score (nSPS) is 29.6. The molecule has 0 bridgehead atoms. The van der Waals surface area contributed by atoms with Crippen molar-refractivity contribution < 1.29 is 9.53 Å². The van der Waals surface area contributed by atoms with Gasteiger partial charge >= 0.3 is 0 Å². The van der Waals surface area contributed by atoms with Gasteiger partial charge in [0.1, 0.15) is 0 Å².